The first kappa shape index (κ1) is 22.8. The highest BCUT2D eigenvalue weighted by molar-refractivity contribution is 9.10. The molecule has 0 aliphatic heterocycles. The number of methoxy groups -OCH3 is 1. The van der Waals surface area contributed by atoms with Crippen molar-refractivity contribution in [3.8, 4) is 5.75 Å². The van der Waals surface area contributed by atoms with Gasteiger partial charge in [0.25, 0.3) is 5.91 Å². The Labute approximate surface area is 184 Å². The second-order valence-electron chi connectivity index (χ2n) is 6.62. The molecule has 0 spiro atoms. The van der Waals surface area contributed by atoms with Crippen LogP contribution in [0.4, 0.5) is 5.69 Å². The minimum absolute atomic E-state index is 0.0692. The molecule has 0 fully saturated rings. The molecule has 2 N–H and O–H groups in total. The number of amides is 1. The van der Waals surface area contributed by atoms with Crippen molar-refractivity contribution in [2.45, 2.75) is 20.3 Å². The zero-order valence-electron chi connectivity index (χ0n) is 16.5. The third kappa shape index (κ3) is 6.83. The van der Waals surface area contributed by atoms with E-state index >= 15 is 0 Å². The second kappa shape index (κ2) is 10.9. The first-order chi connectivity index (χ1) is 13.8. The Morgan fingerprint density at radius 1 is 1.17 bits per heavy atom. The number of nitrogens with one attached hydrogen (secondary N) is 2. The summed E-state index contributed by atoms with van der Waals surface area (Å²) in [5, 5.41) is 5.52. The predicted octanol–water partition coefficient (Wildman–Crippen LogP) is 4.79. The smallest absolute Gasteiger partial charge is 0.339 e. The number of ether oxygens (including phenoxy) is 2. The second-order valence-corrected chi connectivity index (χ2v) is 7.88. The maximum absolute atomic E-state index is 12.5. The van der Waals surface area contributed by atoms with Gasteiger partial charge in [-0.1, -0.05) is 26.0 Å². The highest BCUT2D eigenvalue weighted by atomic mass is 79.9. The molecule has 0 aliphatic carbocycles. The van der Waals surface area contributed by atoms with Crippen molar-refractivity contribution >= 4 is 50.8 Å². The molecule has 0 bridgehead atoms. The quantitative estimate of drug-likeness (QED) is 0.440. The van der Waals surface area contributed by atoms with E-state index in [4.69, 9.17) is 21.7 Å². The van der Waals surface area contributed by atoms with E-state index in [1.165, 1.54) is 7.11 Å². The molecule has 2 aromatic carbocycles. The van der Waals surface area contributed by atoms with Crippen molar-refractivity contribution in [1.82, 2.24) is 5.32 Å². The van der Waals surface area contributed by atoms with Crippen molar-refractivity contribution in [1.29, 1.82) is 0 Å². The summed E-state index contributed by atoms with van der Waals surface area (Å²) in [4.78, 5) is 24.3. The highest BCUT2D eigenvalue weighted by Crippen LogP contribution is 2.26. The zero-order valence-corrected chi connectivity index (χ0v) is 18.9. The topological polar surface area (TPSA) is 76.7 Å². The zero-order chi connectivity index (χ0) is 21.4. The average Bonchev–Trinajstić information content (AvgIpc) is 2.68. The Hall–Kier alpha value is -2.45. The minimum Gasteiger partial charge on any atom is -0.492 e. The van der Waals surface area contributed by atoms with Crippen LogP contribution in [-0.2, 0) is 4.74 Å². The molecule has 0 atom stereocenters. The number of rotatable bonds is 7. The molecule has 2 aromatic rings. The summed E-state index contributed by atoms with van der Waals surface area (Å²) in [7, 11) is 1.30. The van der Waals surface area contributed by atoms with Crippen LogP contribution in [0.3, 0.4) is 0 Å². The van der Waals surface area contributed by atoms with Gasteiger partial charge in [-0.2, -0.15) is 0 Å². The van der Waals surface area contributed by atoms with Crippen LogP contribution in [0.2, 0.25) is 0 Å². The van der Waals surface area contributed by atoms with E-state index in [1.807, 2.05) is 0 Å². The summed E-state index contributed by atoms with van der Waals surface area (Å²) in [5.41, 5.74) is 1.18. The van der Waals surface area contributed by atoms with Gasteiger partial charge in [0.05, 0.1) is 29.4 Å². The lowest BCUT2D eigenvalue weighted by molar-refractivity contribution is 0.0602. The van der Waals surface area contributed by atoms with E-state index in [2.05, 4.69) is 40.4 Å². The molecule has 154 valence electrons. The molecular formula is C21H23BrN2O4S. The molecule has 8 heteroatoms. The lowest BCUT2D eigenvalue weighted by atomic mass is 10.1. The summed E-state index contributed by atoms with van der Waals surface area (Å²) in [5.74, 6) is 0.346. The van der Waals surface area contributed by atoms with E-state index in [0.29, 0.717) is 39.6 Å². The van der Waals surface area contributed by atoms with E-state index in [0.717, 1.165) is 6.42 Å². The number of para-hydroxylation sites is 1. The Kier molecular flexibility index (Phi) is 8.60. The Bertz CT molecular complexity index is 902. The third-order valence-electron chi connectivity index (χ3n) is 3.95. The molecule has 29 heavy (non-hydrogen) atoms. The van der Waals surface area contributed by atoms with Crippen molar-refractivity contribution in [3.63, 3.8) is 0 Å². The summed E-state index contributed by atoms with van der Waals surface area (Å²) in [6.07, 6.45) is 0.946. The molecule has 0 heterocycles. The lowest BCUT2D eigenvalue weighted by Gasteiger charge is -2.13. The van der Waals surface area contributed by atoms with Crippen molar-refractivity contribution in [3.05, 3.63) is 58.1 Å². The van der Waals surface area contributed by atoms with Crippen LogP contribution in [-0.4, -0.2) is 30.7 Å². The molecule has 0 radical (unpaired) electrons. The SMILES string of the molecule is COC(=O)c1ccccc1NC(=S)NC(=O)c1ccc(OCCC(C)C)c(Br)c1. The van der Waals surface area contributed by atoms with Gasteiger partial charge in [-0.25, -0.2) is 4.79 Å². The molecule has 0 aromatic heterocycles. The fourth-order valence-electron chi connectivity index (χ4n) is 2.37. The number of anilines is 1. The predicted molar refractivity (Wildman–Crippen MR) is 121 cm³/mol. The Balaban J connectivity index is 2.01. The van der Waals surface area contributed by atoms with Crippen molar-refractivity contribution < 1.29 is 19.1 Å². The fraction of sp³-hybridized carbons (Fsp3) is 0.286. The van der Waals surface area contributed by atoms with Crippen LogP contribution >= 0.6 is 28.1 Å². The van der Waals surface area contributed by atoms with Crippen molar-refractivity contribution in [2.24, 2.45) is 5.92 Å². The average molecular weight is 479 g/mol. The van der Waals surface area contributed by atoms with E-state index in [1.54, 1.807) is 42.5 Å². The van der Waals surface area contributed by atoms with Crippen LogP contribution in [0.15, 0.2) is 46.9 Å². The molecule has 0 aliphatic rings. The maximum atomic E-state index is 12.5. The molecule has 1 amide bonds. The number of esters is 1. The number of thiocarbonyl (C=S) groups is 1. The normalized spacial score (nSPS) is 10.4. The van der Waals surface area contributed by atoms with Gasteiger partial charge < -0.3 is 14.8 Å². The van der Waals surface area contributed by atoms with Crippen LogP contribution in [0.1, 0.15) is 41.0 Å². The molecule has 2 rings (SSSR count). The van der Waals surface area contributed by atoms with Gasteiger partial charge in [0.1, 0.15) is 5.75 Å². The first-order valence-electron chi connectivity index (χ1n) is 9.03. The number of benzene rings is 2. The number of hydrogen-bond donors (Lipinski definition) is 2. The summed E-state index contributed by atoms with van der Waals surface area (Å²) < 4.78 is 11.2. The van der Waals surface area contributed by atoms with Gasteiger partial charge in [0.2, 0.25) is 0 Å². The maximum Gasteiger partial charge on any atom is 0.339 e. The van der Waals surface area contributed by atoms with Gasteiger partial charge in [0.15, 0.2) is 5.11 Å². The highest BCUT2D eigenvalue weighted by Gasteiger charge is 2.14. The van der Waals surface area contributed by atoms with Crippen LogP contribution in [0.25, 0.3) is 0 Å². The van der Waals surface area contributed by atoms with Gasteiger partial charge in [-0.05, 0) is 70.8 Å². The number of halogens is 1. The molecular weight excluding hydrogens is 456 g/mol. The van der Waals surface area contributed by atoms with Crippen LogP contribution < -0.4 is 15.4 Å². The van der Waals surface area contributed by atoms with Gasteiger partial charge in [-0.15, -0.1) is 0 Å². The first-order valence-corrected chi connectivity index (χ1v) is 10.2. The molecule has 6 nitrogen and oxygen atoms in total. The number of carbonyl (C=O) groups is 2. The lowest BCUT2D eigenvalue weighted by Crippen LogP contribution is -2.34. The number of hydrogen-bond acceptors (Lipinski definition) is 5. The molecule has 0 unspecified atom stereocenters. The fourth-order valence-corrected chi connectivity index (χ4v) is 3.07. The van der Waals surface area contributed by atoms with Crippen LogP contribution in [0, 0.1) is 5.92 Å². The molecule has 0 saturated carbocycles. The minimum atomic E-state index is -0.501. The third-order valence-corrected chi connectivity index (χ3v) is 4.78. The molecule has 0 saturated heterocycles. The van der Waals surface area contributed by atoms with E-state index in [9.17, 15) is 9.59 Å². The van der Waals surface area contributed by atoms with Crippen LogP contribution in [0.5, 0.6) is 5.75 Å². The standard InChI is InChI=1S/C21H23BrN2O4S/c1-13(2)10-11-28-18-9-8-14(12-16(18)22)19(25)24-21(29)23-17-7-5-4-6-15(17)20(26)27-3/h4-9,12-13H,10-11H2,1-3H3,(H2,23,24,25,29). The van der Waals surface area contributed by atoms with Gasteiger partial charge in [0, 0.05) is 5.56 Å². The van der Waals surface area contributed by atoms with Gasteiger partial charge in [-0.3, -0.25) is 10.1 Å². The van der Waals surface area contributed by atoms with E-state index < -0.39 is 5.97 Å². The largest absolute Gasteiger partial charge is 0.492 e. The monoisotopic (exact) mass is 478 g/mol. The Morgan fingerprint density at radius 2 is 1.90 bits per heavy atom. The Morgan fingerprint density at radius 3 is 2.55 bits per heavy atom. The van der Waals surface area contributed by atoms with Crippen molar-refractivity contribution in [2.75, 3.05) is 19.0 Å². The van der Waals surface area contributed by atoms with E-state index in [-0.39, 0.29) is 11.0 Å². The summed E-state index contributed by atoms with van der Waals surface area (Å²) in [6, 6.07) is 11.8. The summed E-state index contributed by atoms with van der Waals surface area (Å²) in [6.45, 7) is 4.87. The van der Waals surface area contributed by atoms with Gasteiger partial charge >= 0.3 is 5.97 Å². The number of carbonyl (C=O) groups excluding carboxylic acids is 2. The summed E-state index contributed by atoms with van der Waals surface area (Å²) >= 11 is 8.63.